The summed E-state index contributed by atoms with van der Waals surface area (Å²) in [5.41, 5.74) is 10.5. The smallest absolute Gasteiger partial charge is 0.180 e. The largest absolute Gasteiger partial charge is 0.375 e. The van der Waals surface area contributed by atoms with Crippen LogP contribution in [0.5, 0.6) is 0 Å². The maximum absolute atomic E-state index is 5.91. The zero-order valence-corrected chi connectivity index (χ0v) is 15.2. The Hall–Kier alpha value is -2.51. The van der Waals surface area contributed by atoms with Gasteiger partial charge in [0.15, 0.2) is 11.0 Å². The molecule has 2 aliphatic heterocycles. The van der Waals surface area contributed by atoms with E-state index in [4.69, 9.17) is 15.7 Å². The normalized spacial score (nSPS) is 16.2. The Morgan fingerprint density at radius 2 is 1.92 bits per heavy atom. The molecule has 1 aromatic carbocycles. The summed E-state index contributed by atoms with van der Waals surface area (Å²) in [7, 11) is 0. The van der Waals surface area contributed by atoms with Gasteiger partial charge < -0.3 is 16.0 Å². The third-order valence-electron chi connectivity index (χ3n) is 4.99. The molecule has 0 amide bonds. The minimum atomic E-state index is 0.663. The number of rotatable bonds is 2. The van der Waals surface area contributed by atoms with E-state index in [0.717, 1.165) is 67.6 Å². The number of nitrogen functional groups attached to an aromatic ring is 1. The highest BCUT2D eigenvalue weighted by atomic mass is 32.1. The molecule has 0 saturated carbocycles. The van der Waals surface area contributed by atoms with Crippen LogP contribution >= 0.6 is 11.3 Å². The van der Waals surface area contributed by atoms with Crippen molar-refractivity contribution >= 4 is 22.3 Å². The van der Waals surface area contributed by atoms with E-state index in [9.17, 15) is 0 Å². The third-order valence-corrected chi connectivity index (χ3v) is 5.91. The van der Waals surface area contributed by atoms with Crippen molar-refractivity contribution in [2.45, 2.75) is 25.9 Å². The van der Waals surface area contributed by atoms with Gasteiger partial charge in [0, 0.05) is 35.5 Å². The van der Waals surface area contributed by atoms with E-state index < -0.39 is 0 Å². The van der Waals surface area contributed by atoms with Crippen molar-refractivity contribution in [1.82, 2.24) is 20.3 Å². The van der Waals surface area contributed by atoms with Crippen LogP contribution in [0.2, 0.25) is 0 Å². The topological polar surface area (TPSA) is 80.0 Å². The van der Waals surface area contributed by atoms with Gasteiger partial charge in [-0.1, -0.05) is 30.3 Å². The zero-order chi connectivity index (χ0) is 17.5. The summed E-state index contributed by atoms with van der Waals surface area (Å²) in [5.74, 6) is 1.88. The first-order chi connectivity index (χ1) is 12.8. The zero-order valence-electron chi connectivity index (χ0n) is 14.4. The van der Waals surface area contributed by atoms with E-state index in [2.05, 4.69) is 27.3 Å². The second-order valence-electron chi connectivity index (χ2n) is 6.68. The average molecular weight is 364 g/mol. The van der Waals surface area contributed by atoms with Crippen LogP contribution in [-0.4, -0.2) is 28.0 Å². The summed E-state index contributed by atoms with van der Waals surface area (Å²) in [6, 6.07) is 10.2. The van der Waals surface area contributed by atoms with Gasteiger partial charge in [-0.25, -0.2) is 15.0 Å². The quantitative estimate of drug-likeness (QED) is 0.727. The first kappa shape index (κ1) is 15.7. The monoisotopic (exact) mass is 364 g/mol. The Bertz CT molecular complexity index is 952. The fourth-order valence-corrected chi connectivity index (χ4v) is 4.61. The van der Waals surface area contributed by atoms with Crippen molar-refractivity contribution in [2.24, 2.45) is 0 Å². The Morgan fingerprint density at radius 1 is 1.04 bits per heavy atom. The molecule has 0 saturated heterocycles. The SMILES string of the molecule is Nc1nc2c(s1)CN(c1nc(-c3ccccc3)nc3c1CCNC3)CC2. The number of hydrogen-bond donors (Lipinski definition) is 2. The average Bonchev–Trinajstić information content (AvgIpc) is 3.07. The van der Waals surface area contributed by atoms with Gasteiger partial charge in [0.25, 0.3) is 0 Å². The number of anilines is 2. The lowest BCUT2D eigenvalue weighted by Gasteiger charge is -2.31. The van der Waals surface area contributed by atoms with E-state index in [1.54, 1.807) is 11.3 Å². The second-order valence-corrected chi connectivity index (χ2v) is 7.80. The molecule has 0 bridgehead atoms. The summed E-state index contributed by atoms with van der Waals surface area (Å²) < 4.78 is 0. The first-order valence-electron chi connectivity index (χ1n) is 8.93. The number of nitrogens with zero attached hydrogens (tertiary/aromatic N) is 4. The van der Waals surface area contributed by atoms with E-state index in [-0.39, 0.29) is 0 Å². The van der Waals surface area contributed by atoms with Crippen LogP contribution in [0.4, 0.5) is 10.9 Å². The fraction of sp³-hybridized carbons (Fsp3) is 0.316. The molecule has 26 heavy (non-hydrogen) atoms. The highest BCUT2D eigenvalue weighted by molar-refractivity contribution is 7.15. The standard InChI is InChI=1S/C19H20N6S/c20-19-23-14-7-9-25(11-16(14)26-19)18-13-6-8-21-10-15(13)22-17(24-18)12-4-2-1-3-5-12/h1-5,21H,6-11H2,(H2,20,23). The van der Waals surface area contributed by atoms with Crippen molar-refractivity contribution in [1.29, 1.82) is 0 Å². The van der Waals surface area contributed by atoms with Crippen molar-refractivity contribution in [3.8, 4) is 11.4 Å². The molecule has 6 nitrogen and oxygen atoms in total. The van der Waals surface area contributed by atoms with Gasteiger partial charge in [-0.15, -0.1) is 11.3 Å². The molecule has 0 fully saturated rings. The summed E-state index contributed by atoms with van der Waals surface area (Å²) in [5, 5.41) is 4.10. The highest BCUT2D eigenvalue weighted by Gasteiger charge is 2.26. The number of hydrogen-bond acceptors (Lipinski definition) is 7. The van der Waals surface area contributed by atoms with Crippen LogP contribution in [0.25, 0.3) is 11.4 Å². The summed E-state index contributed by atoms with van der Waals surface area (Å²) in [6.45, 7) is 3.52. The van der Waals surface area contributed by atoms with Crippen LogP contribution in [0.3, 0.4) is 0 Å². The molecule has 3 aromatic rings. The minimum absolute atomic E-state index is 0.663. The Balaban J connectivity index is 1.59. The molecule has 0 radical (unpaired) electrons. The molecule has 0 unspecified atom stereocenters. The van der Waals surface area contributed by atoms with E-state index >= 15 is 0 Å². The molecule has 0 atom stereocenters. The third kappa shape index (κ3) is 2.73. The van der Waals surface area contributed by atoms with Crippen LogP contribution < -0.4 is 16.0 Å². The number of benzene rings is 1. The highest BCUT2D eigenvalue weighted by Crippen LogP contribution is 2.33. The van der Waals surface area contributed by atoms with Crippen molar-refractivity contribution < 1.29 is 0 Å². The number of aromatic nitrogens is 3. The predicted molar refractivity (Wildman–Crippen MR) is 104 cm³/mol. The summed E-state index contributed by atoms with van der Waals surface area (Å²) in [6.07, 6.45) is 1.88. The lowest BCUT2D eigenvalue weighted by Crippen LogP contribution is -2.34. The molecule has 0 spiro atoms. The van der Waals surface area contributed by atoms with Crippen LogP contribution in [0, 0.1) is 0 Å². The number of thiazole rings is 1. The molecular weight excluding hydrogens is 344 g/mol. The second kappa shape index (κ2) is 6.34. The summed E-state index contributed by atoms with van der Waals surface area (Å²) in [4.78, 5) is 17.9. The maximum atomic E-state index is 5.91. The van der Waals surface area contributed by atoms with E-state index in [1.165, 1.54) is 10.4 Å². The first-order valence-corrected chi connectivity index (χ1v) is 9.74. The summed E-state index contributed by atoms with van der Waals surface area (Å²) >= 11 is 1.60. The van der Waals surface area contributed by atoms with Crippen molar-refractivity contribution in [3.63, 3.8) is 0 Å². The molecule has 7 heteroatoms. The molecule has 132 valence electrons. The lowest BCUT2D eigenvalue weighted by molar-refractivity contribution is 0.615. The van der Waals surface area contributed by atoms with Gasteiger partial charge in [-0.05, 0) is 13.0 Å². The lowest BCUT2D eigenvalue weighted by atomic mass is 10.0. The van der Waals surface area contributed by atoms with Crippen LogP contribution in [-0.2, 0) is 25.9 Å². The molecule has 0 aliphatic carbocycles. The Morgan fingerprint density at radius 3 is 2.81 bits per heavy atom. The Labute approximate surface area is 156 Å². The molecule has 2 aromatic heterocycles. The van der Waals surface area contributed by atoms with Crippen LogP contribution in [0.1, 0.15) is 21.8 Å². The fourth-order valence-electron chi connectivity index (χ4n) is 3.71. The van der Waals surface area contributed by atoms with E-state index in [0.29, 0.717) is 5.13 Å². The number of fused-ring (bicyclic) bond motifs is 2. The van der Waals surface area contributed by atoms with Crippen LogP contribution in [0.15, 0.2) is 30.3 Å². The maximum Gasteiger partial charge on any atom is 0.180 e. The Kier molecular flexibility index (Phi) is 3.83. The van der Waals surface area contributed by atoms with Gasteiger partial charge in [0.2, 0.25) is 0 Å². The number of nitrogens with one attached hydrogen (secondary N) is 1. The van der Waals surface area contributed by atoms with E-state index in [1.807, 2.05) is 18.2 Å². The van der Waals surface area contributed by atoms with Crippen molar-refractivity contribution in [3.05, 3.63) is 52.2 Å². The van der Waals surface area contributed by atoms with Gasteiger partial charge in [0.05, 0.1) is 17.9 Å². The number of nitrogens with two attached hydrogens (primary N) is 1. The molecule has 3 N–H and O–H groups in total. The van der Waals surface area contributed by atoms with Gasteiger partial charge >= 0.3 is 0 Å². The van der Waals surface area contributed by atoms with Crippen molar-refractivity contribution in [2.75, 3.05) is 23.7 Å². The molecule has 5 rings (SSSR count). The molecule has 2 aliphatic rings. The molecule has 4 heterocycles. The van der Waals surface area contributed by atoms with Gasteiger partial charge in [-0.3, -0.25) is 0 Å². The predicted octanol–water partition coefficient (Wildman–Crippen LogP) is 2.39. The minimum Gasteiger partial charge on any atom is -0.375 e. The van der Waals surface area contributed by atoms with Gasteiger partial charge in [0.1, 0.15) is 5.82 Å². The van der Waals surface area contributed by atoms with Gasteiger partial charge in [-0.2, -0.15) is 0 Å². The molecular formula is C19H20N6S.